The Kier molecular flexibility index (Phi) is 6.46. The van der Waals surface area contributed by atoms with Gasteiger partial charge < -0.3 is 20.1 Å². The van der Waals surface area contributed by atoms with E-state index in [4.69, 9.17) is 9.47 Å². The fraction of sp³-hybridized carbons (Fsp3) is 0.190. The number of aromatic nitrogens is 1. The van der Waals surface area contributed by atoms with Crippen molar-refractivity contribution in [3.63, 3.8) is 0 Å². The van der Waals surface area contributed by atoms with E-state index in [1.807, 2.05) is 35.7 Å². The predicted molar refractivity (Wildman–Crippen MR) is 114 cm³/mol. The lowest BCUT2D eigenvalue weighted by Crippen LogP contribution is -2.14. The van der Waals surface area contributed by atoms with Crippen LogP contribution in [0.4, 0.5) is 10.8 Å². The van der Waals surface area contributed by atoms with Gasteiger partial charge in [0.1, 0.15) is 0 Å². The molecule has 0 saturated heterocycles. The molecular formula is C21H21N3O4S. The van der Waals surface area contributed by atoms with Crippen LogP contribution in [0, 0.1) is 0 Å². The largest absolute Gasteiger partial charge is 0.493 e. The Morgan fingerprint density at radius 1 is 1.00 bits per heavy atom. The second-order valence-electron chi connectivity index (χ2n) is 6.21. The molecule has 2 amide bonds. The van der Waals surface area contributed by atoms with Gasteiger partial charge in [0.2, 0.25) is 11.8 Å². The molecule has 2 aromatic carbocycles. The topological polar surface area (TPSA) is 89.5 Å². The van der Waals surface area contributed by atoms with Crippen LogP contribution in [0.15, 0.2) is 47.8 Å². The van der Waals surface area contributed by atoms with Crippen LogP contribution in [0.1, 0.15) is 12.5 Å². The number of thiazole rings is 1. The summed E-state index contributed by atoms with van der Waals surface area (Å²) in [4.78, 5) is 27.9. The smallest absolute Gasteiger partial charge is 0.230 e. The lowest BCUT2D eigenvalue weighted by molar-refractivity contribution is -0.116. The summed E-state index contributed by atoms with van der Waals surface area (Å²) >= 11 is 1.35. The first-order valence-corrected chi connectivity index (χ1v) is 9.70. The van der Waals surface area contributed by atoms with Crippen LogP contribution in [-0.4, -0.2) is 31.0 Å². The molecule has 0 aliphatic carbocycles. The molecule has 0 bridgehead atoms. The number of nitrogens with zero attached hydrogens (tertiary/aromatic N) is 1. The predicted octanol–water partition coefficient (Wildman–Crippen LogP) is 3.97. The maximum absolute atomic E-state index is 12.4. The number of hydrogen-bond acceptors (Lipinski definition) is 6. The first-order valence-electron chi connectivity index (χ1n) is 8.83. The number of carbonyl (C=O) groups is 2. The fourth-order valence-corrected chi connectivity index (χ4v) is 3.47. The third kappa shape index (κ3) is 5.32. The number of carbonyl (C=O) groups excluding carboxylic acids is 2. The Morgan fingerprint density at radius 3 is 2.38 bits per heavy atom. The van der Waals surface area contributed by atoms with E-state index < -0.39 is 0 Å². The van der Waals surface area contributed by atoms with Gasteiger partial charge in [-0.3, -0.25) is 9.59 Å². The lowest BCUT2D eigenvalue weighted by Gasteiger charge is -2.09. The summed E-state index contributed by atoms with van der Waals surface area (Å²) in [5.41, 5.74) is 3.19. The van der Waals surface area contributed by atoms with E-state index in [0.717, 1.165) is 22.5 Å². The SMILES string of the molecule is COc1ccc(CC(=O)Nc2nc(-c3ccc(NC(C)=O)cc3)cs2)cc1OC. The zero-order chi connectivity index (χ0) is 20.8. The monoisotopic (exact) mass is 411 g/mol. The molecular weight excluding hydrogens is 390 g/mol. The minimum atomic E-state index is -0.167. The van der Waals surface area contributed by atoms with Crippen molar-refractivity contribution < 1.29 is 19.1 Å². The number of amides is 2. The summed E-state index contributed by atoms with van der Waals surface area (Å²) in [7, 11) is 3.12. The second kappa shape index (κ2) is 9.20. The summed E-state index contributed by atoms with van der Waals surface area (Å²) in [5, 5.41) is 7.95. The van der Waals surface area contributed by atoms with Crippen LogP contribution < -0.4 is 20.1 Å². The molecule has 0 atom stereocenters. The van der Waals surface area contributed by atoms with Crippen molar-refractivity contribution in [3.05, 3.63) is 53.4 Å². The van der Waals surface area contributed by atoms with Crippen LogP contribution in [-0.2, 0) is 16.0 Å². The molecule has 0 saturated carbocycles. The summed E-state index contributed by atoms with van der Waals surface area (Å²) in [6, 6.07) is 12.7. The molecule has 1 heterocycles. The molecule has 0 aliphatic rings. The van der Waals surface area contributed by atoms with Gasteiger partial charge >= 0.3 is 0 Å². The van der Waals surface area contributed by atoms with Gasteiger partial charge in [0.05, 0.1) is 26.3 Å². The molecule has 29 heavy (non-hydrogen) atoms. The molecule has 1 aromatic heterocycles. The molecule has 150 valence electrons. The highest BCUT2D eigenvalue weighted by Gasteiger charge is 2.11. The normalized spacial score (nSPS) is 10.3. The van der Waals surface area contributed by atoms with Crippen LogP contribution >= 0.6 is 11.3 Å². The van der Waals surface area contributed by atoms with Crippen molar-refractivity contribution in [1.29, 1.82) is 0 Å². The van der Waals surface area contributed by atoms with Crippen molar-refractivity contribution in [2.45, 2.75) is 13.3 Å². The first kappa shape index (κ1) is 20.3. The zero-order valence-corrected chi connectivity index (χ0v) is 17.1. The zero-order valence-electron chi connectivity index (χ0n) is 16.3. The Bertz CT molecular complexity index is 1020. The third-order valence-corrected chi connectivity index (χ3v) is 4.82. The molecule has 0 aliphatic heterocycles. The third-order valence-electron chi connectivity index (χ3n) is 4.06. The summed E-state index contributed by atoms with van der Waals surface area (Å²) < 4.78 is 10.5. The van der Waals surface area contributed by atoms with E-state index in [9.17, 15) is 9.59 Å². The first-order chi connectivity index (χ1) is 14.0. The van der Waals surface area contributed by atoms with Crippen molar-refractivity contribution in [1.82, 2.24) is 4.98 Å². The van der Waals surface area contributed by atoms with Gasteiger partial charge in [0.25, 0.3) is 0 Å². The average Bonchev–Trinajstić information content (AvgIpc) is 3.16. The highest BCUT2D eigenvalue weighted by atomic mass is 32.1. The number of methoxy groups -OCH3 is 2. The lowest BCUT2D eigenvalue weighted by atomic mass is 10.1. The van der Waals surface area contributed by atoms with Crippen molar-refractivity contribution in [2.75, 3.05) is 24.9 Å². The van der Waals surface area contributed by atoms with Crippen LogP contribution in [0.25, 0.3) is 11.3 Å². The number of rotatable bonds is 7. The van der Waals surface area contributed by atoms with E-state index in [2.05, 4.69) is 15.6 Å². The summed E-state index contributed by atoms with van der Waals surface area (Å²) in [6.07, 6.45) is 0.195. The van der Waals surface area contributed by atoms with Gasteiger partial charge in [-0.15, -0.1) is 11.3 Å². The van der Waals surface area contributed by atoms with E-state index in [-0.39, 0.29) is 18.2 Å². The maximum atomic E-state index is 12.4. The molecule has 3 aromatic rings. The van der Waals surface area contributed by atoms with E-state index in [0.29, 0.717) is 16.6 Å². The van der Waals surface area contributed by atoms with Crippen molar-refractivity contribution in [3.8, 4) is 22.8 Å². The fourth-order valence-electron chi connectivity index (χ4n) is 2.73. The summed E-state index contributed by atoms with van der Waals surface area (Å²) in [5.74, 6) is 0.910. The summed E-state index contributed by atoms with van der Waals surface area (Å²) in [6.45, 7) is 1.46. The number of anilines is 2. The van der Waals surface area contributed by atoms with E-state index >= 15 is 0 Å². The van der Waals surface area contributed by atoms with Gasteiger partial charge in [0, 0.05) is 23.6 Å². The van der Waals surface area contributed by atoms with Gasteiger partial charge in [0.15, 0.2) is 16.6 Å². The molecule has 0 unspecified atom stereocenters. The average molecular weight is 411 g/mol. The molecule has 0 radical (unpaired) electrons. The Morgan fingerprint density at radius 2 is 1.72 bits per heavy atom. The highest BCUT2D eigenvalue weighted by Crippen LogP contribution is 2.28. The molecule has 2 N–H and O–H groups in total. The van der Waals surface area contributed by atoms with Crippen LogP contribution in [0.5, 0.6) is 11.5 Å². The molecule has 0 spiro atoms. The molecule has 0 fully saturated rings. The molecule has 3 rings (SSSR count). The van der Waals surface area contributed by atoms with E-state index in [1.165, 1.54) is 18.3 Å². The van der Waals surface area contributed by atoms with Gasteiger partial charge in [-0.25, -0.2) is 4.98 Å². The highest BCUT2D eigenvalue weighted by molar-refractivity contribution is 7.14. The van der Waals surface area contributed by atoms with Crippen molar-refractivity contribution >= 4 is 34.0 Å². The van der Waals surface area contributed by atoms with Gasteiger partial charge in [-0.1, -0.05) is 18.2 Å². The maximum Gasteiger partial charge on any atom is 0.230 e. The number of nitrogens with one attached hydrogen (secondary N) is 2. The van der Waals surface area contributed by atoms with Crippen molar-refractivity contribution in [2.24, 2.45) is 0 Å². The number of ether oxygens (including phenoxy) is 2. The quantitative estimate of drug-likeness (QED) is 0.614. The van der Waals surface area contributed by atoms with Gasteiger partial charge in [-0.05, 0) is 29.8 Å². The van der Waals surface area contributed by atoms with Crippen LogP contribution in [0.2, 0.25) is 0 Å². The van der Waals surface area contributed by atoms with Crippen LogP contribution in [0.3, 0.4) is 0 Å². The standard InChI is InChI=1S/C21H21N3O4S/c1-13(25)22-16-7-5-15(6-8-16)17-12-29-21(23-17)24-20(26)11-14-4-9-18(27-2)19(10-14)28-3/h4-10,12H,11H2,1-3H3,(H,22,25)(H,23,24,26). The van der Waals surface area contributed by atoms with E-state index in [1.54, 1.807) is 26.4 Å². The molecule has 7 nitrogen and oxygen atoms in total. The Hall–Kier alpha value is -3.39. The Labute approximate surface area is 172 Å². The minimum absolute atomic E-state index is 0.120. The second-order valence-corrected chi connectivity index (χ2v) is 7.07. The van der Waals surface area contributed by atoms with Gasteiger partial charge in [-0.2, -0.15) is 0 Å². The number of hydrogen-bond donors (Lipinski definition) is 2. The minimum Gasteiger partial charge on any atom is -0.493 e. The number of benzene rings is 2. The Balaban J connectivity index is 1.64. The molecule has 8 heteroatoms.